The molecular formula is C18H27N3O4S. The second-order valence-electron chi connectivity index (χ2n) is 6.83. The first-order chi connectivity index (χ1) is 12.5. The molecule has 0 unspecified atom stereocenters. The van der Waals surface area contributed by atoms with Gasteiger partial charge in [-0.2, -0.15) is 0 Å². The number of rotatable bonds is 6. The van der Waals surface area contributed by atoms with Gasteiger partial charge in [-0.3, -0.25) is 9.69 Å². The number of ether oxygens (including phenoxy) is 1. The predicted molar refractivity (Wildman–Crippen MR) is 101 cm³/mol. The van der Waals surface area contributed by atoms with Crippen LogP contribution in [-0.4, -0.2) is 76.1 Å². The number of nitrogens with zero attached hydrogens (tertiary/aromatic N) is 2. The summed E-state index contributed by atoms with van der Waals surface area (Å²) >= 11 is 0. The van der Waals surface area contributed by atoms with Crippen molar-refractivity contribution in [3.05, 3.63) is 24.3 Å². The molecule has 0 saturated carbocycles. The van der Waals surface area contributed by atoms with Crippen LogP contribution in [0.5, 0.6) is 5.75 Å². The molecule has 0 radical (unpaired) electrons. The van der Waals surface area contributed by atoms with Gasteiger partial charge in [0.15, 0.2) is 9.84 Å². The molecule has 2 aliphatic heterocycles. The van der Waals surface area contributed by atoms with Crippen molar-refractivity contribution in [2.45, 2.75) is 19.4 Å². The molecule has 1 amide bonds. The summed E-state index contributed by atoms with van der Waals surface area (Å²) in [7, 11) is -2.97. The predicted octanol–water partition coefficient (Wildman–Crippen LogP) is 0.511. The third-order valence-electron chi connectivity index (χ3n) is 4.84. The molecule has 2 saturated heterocycles. The molecular weight excluding hydrogens is 354 g/mol. The maximum absolute atomic E-state index is 12.2. The molecule has 2 heterocycles. The lowest BCUT2D eigenvalue weighted by atomic mass is 10.2. The maximum atomic E-state index is 12.2. The molecule has 1 atom stereocenters. The van der Waals surface area contributed by atoms with Crippen LogP contribution in [0.1, 0.15) is 13.3 Å². The molecule has 1 N–H and O–H groups in total. The van der Waals surface area contributed by atoms with E-state index in [1.807, 2.05) is 25.1 Å². The Labute approximate surface area is 155 Å². The molecule has 0 spiro atoms. The van der Waals surface area contributed by atoms with E-state index in [1.165, 1.54) is 0 Å². The number of nitrogens with one attached hydrogen (secondary N) is 1. The average Bonchev–Trinajstić information content (AvgIpc) is 2.95. The number of carbonyl (C=O) groups is 1. The fraction of sp³-hybridized carbons (Fsp3) is 0.611. The van der Waals surface area contributed by atoms with Crippen molar-refractivity contribution in [2.75, 3.05) is 55.7 Å². The first-order valence-corrected chi connectivity index (χ1v) is 11.0. The first-order valence-electron chi connectivity index (χ1n) is 9.16. The number of benzene rings is 1. The van der Waals surface area contributed by atoms with Gasteiger partial charge in [-0.05, 0) is 25.5 Å². The van der Waals surface area contributed by atoms with Crippen LogP contribution in [0.15, 0.2) is 24.3 Å². The number of sulfone groups is 1. The van der Waals surface area contributed by atoms with Gasteiger partial charge in [-0.25, -0.2) is 8.42 Å². The van der Waals surface area contributed by atoms with E-state index in [4.69, 9.17) is 4.74 Å². The van der Waals surface area contributed by atoms with Gasteiger partial charge < -0.3 is 15.0 Å². The van der Waals surface area contributed by atoms with Gasteiger partial charge in [0.05, 0.1) is 30.3 Å². The molecule has 3 rings (SSSR count). The zero-order chi connectivity index (χ0) is 18.6. The normalized spacial score (nSPS) is 23.0. The number of amides is 1. The van der Waals surface area contributed by atoms with Gasteiger partial charge in [0.2, 0.25) is 5.91 Å². The second kappa shape index (κ2) is 8.26. The Balaban J connectivity index is 1.47. The Morgan fingerprint density at radius 2 is 1.96 bits per heavy atom. The summed E-state index contributed by atoms with van der Waals surface area (Å²) in [4.78, 5) is 16.6. The number of hydrogen-bond acceptors (Lipinski definition) is 6. The highest BCUT2D eigenvalue weighted by atomic mass is 32.2. The van der Waals surface area contributed by atoms with Crippen LogP contribution in [0.25, 0.3) is 0 Å². The summed E-state index contributed by atoms with van der Waals surface area (Å²) < 4.78 is 28.7. The summed E-state index contributed by atoms with van der Waals surface area (Å²) in [6.45, 7) is 6.16. The van der Waals surface area contributed by atoms with Crippen molar-refractivity contribution in [1.29, 1.82) is 0 Å². The standard InChI is InChI=1S/C18H27N3O4S/c1-2-25-17-6-4-3-5-16(17)21-10-8-20(9-11-21)13-18(22)19-15-7-12-26(23,24)14-15/h3-6,15H,2,7-14H2,1H3,(H,19,22)/t15-/m0/s1. The van der Waals surface area contributed by atoms with Crippen LogP contribution in [0.3, 0.4) is 0 Å². The van der Waals surface area contributed by atoms with Gasteiger partial charge in [0.1, 0.15) is 5.75 Å². The van der Waals surface area contributed by atoms with E-state index in [1.54, 1.807) is 0 Å². The Bertz CT molecular complexity index is 730. The van der Waals surface area contributed by atoms with Crippen molar-refractivity contribution >= 4 is 21.4 Å². The van der Waals surface area contributed by atoms with Crippen LogP contribution in [0.4, 0.5) is 5.69 Å². The number of anilines is 1. The molecule has 2 fully saturated rings. The molecule has 0 aliphatic carbocycles. The summed E-state index contributed by atoms with van der Waals surface area (Å²) in [5, 5.41) is 2.86. The fourth-order valence-corrected chi connectivity index (χ4v) is 5.20. The van der Waals surface area contributed by atoms with Gasteiger partial charge in [0, 0.05) is 32.2 Å². The summed E-state index contributed by atoms with van der Waals surface area (Å²) in [6.07, 6.45) is 0.524. The summed E-state index contributed by atoms with van der Waals surface area (Å²) in [5.41, 5.74) is 1.09. The molecule has 0 aromatic heterocycles. The lowest BCUT2D eigenvalue weighted by Gasteiger charge is -2.36. The third kappa shape index (κ3) is 4.88. The van der Waals surface area contributed by atoms with E-state index in [9.17, 15) is 13.2 Å². The molecule has 144 valence electrons. The number of hydrogen-bond donors (Lipinski definition) is 1. The Morgan fingerprint density at radius 3 is 2.62 bits per heavy atom. The minimum atomic E-state index is -2.97. The lowest BCUT2D eigenvalue weighted by molar-refractivity contribution is -0.122. The van der Waals surface area contributed by atoms with Crippen LogP contribution in [-0.2, 0) is 14.6 Å². The molecule has 2 aliphatic rings. The molecule has 1 aromatic carbocycles. The number of para-hydroxylation sites is 2. The molecule has 1 aromatic rings. The Hall–Kier alpha value is -1.80. The fourth-order valence-electron chi connectivity index (χ4n) is 3.53. The Kier molecular flexibility index (Phi) is 6.03. The zero-order valence-corrected chi connectivity index (χ0v) is 16.0. The topological polar surface area (TPSA) is 79.0 Å². The quantitative estimate of drug-likeness (QED) is 0.774. The van der Waals surface area contributed by atoms with Crippen LogP contribution in [0, 0.1) is 0 Å². The van der Waals surface area contributed by atoms with E-state index in [0.29, 0.717) is 19.6 Å². The van der Waals surface area contributed by atoms with Gasteiger partial charge in [-0.1, -0.05) is 12.1 Å². The molecule has 7 nitrogen and oxygen atoms in total. The highest BCUT2D eigenvalue weighted by Crippen LogP contribution is 2.28. The molecule has 26 heavy (non-hydrogen) atoms. The van der Waals surface area contributed by atoms with Gasteiger partial charge in [0.25, 0.3) is 0 Å². The average molecular weight is 381 g/mol. The van der Waals surface area contributed by atoms with E-state index in [2.05, 4.69) is 21.2 Å². The zero-order valence-electron chi connectivity index (χ0n) is 15.2. The molecule has 8 heteroatoms. The van der Waals surface area contributed by atoms with E-state index in [-0.39, 0.29) is 23.5 Å². The SMILES string of the molecule is CCOc1ccccc1N1CCN(CC(=O)N[C@H]2CCS(=O)(=O)C2)CC1. The van der Waals surface area contributed by atoms with Crippen LogP contribution < -0.4 is 15.0 Å². The molecule has 0 bridgehead atoms. The van der Waals surface area contributed by atoms with Crippen molar-refractivity contribution in [3.63, 3.8) is 0 Å². The summed E-state index contributed by atoms with van der Waals surface area (Å²) in [5.74, 6) is 1.05. The largest absolute Gasteiger partial charge is 0.492 e. The van der Waals surface area contributed by atoms with Gasteiger partial charge in [-0.15, -0.1) is 0 Å². The van der Waals surface area contributed by atoms with Crippen LogP contribution >= 0.6 is 0 Å². The number of carbonyl (C=O) groups excluding carboxylic acids is 1. The number of piperazine rings is 1. The van der Waals surface area contributed by atoms with E-state index >= 15 is 0 Å². The Morgan fingerprint density at radius 1 is 1.23 bits per heavy atom. The van der Waals surface area contributed by atoms with Crippen LogP contribution in [0.2, 0.25) is 0 Å². The van der Waals surface area contributed by atoms with Crippen molar-refractivity contribution in [2.24, 2.45) is 0 Å². The minimum absolute atomic E-state index is 0.0702. The highest BCUT2D eigenvalue weighted by molar-refractivity contribution is 7.91. The third-order valence-corrected chi connectivity index (χ3v) is 6.61. The van der Waals surface area contributed by atoms with Crippen molar-refractivity contribution in [1.82, 2.24) is 10.2 Å². The maximum Gasteiger partial charge on any atom is 0.234 e. The van der Waals surface area contributed by atoms with E-state index < -0.39 is 9.84 Å². The lowest BCUT2D eigenvalue weighted by Crippen LogP contribution is -2.50. The second-order valence-corrected chi connectivity index (χ2v) is 9.06. The smallest absolute Gasteiger partial charge is 0.234 e. The van der Waals surface area contributed by atoms with Crippen molar-refractivity contribution in [3.8, 4) is 5.75 Å². The first kappa shape index (κ1) is 19.0. The summed E-state index contributed by atoms with van der Waals surface area (Å²) in [6, 6.07) is 7.79. The van der Waals surface area contributed by atoms with Gasteiger partial charge >= 0.3 is 0 Å². The minimum Gasteiger partial charge on any atom is -0.492 e. The van der Waals surface area contributed by atoms with Crippen molar-refractivity contribution < 1.29 is 17.9 Å². The van der Waals surface area contributed by atoms with E-state index in [0.717, 1.165) is 37.6 Å². The highest BCUT2D eigenvalue weighted by Gasteiger charge is 2.29. The monoisotopic (exact) mass is 381 g/mol.